The quantitative estimate of drug-likeness (QED) is 0.416. The highest BCUT2D eigenvalue weighted by Crippen LogP contribution is 2.12. The van der Waals surface area contributed by atoms with Crippen LogP contribution in [-0.4, -0.2) is 43.7 Å². The van der Waals surface area contributed by atoms with Crippen LogP contribution in [-0.2, 0) is 18.6 Å². The van der Waals surface area contributed by atoms with E-state index in [-0.39, 0.29) is 0 Å². The minimum atomic E-state index is -0.976. The third-order valence-electron chi connectivity index (χ3n) is 1.31. The molecule has 0 spiro atoms. The first-order valence-corrected chi connectivity index (χ1v) is 5.47. The molecule has 0 aliphatic rings. The van der Waals surface area contributed by atoms with Crippen LogP contribution in [0.4, 0.5) is 0 Å². The van der Waals surface area contributed by atoms with E-state index in [1.807, 2.05) is 6.55 Å². The largest absolute Gasteiger partial charge is 0.376 e. The molecule has 5 heteroatoms. The van der Waals surface area contributed by atoms with Gasteiger partial charge in [-0.3, -0.25) is 0 Å². The molecular weight excluding hydrogens is 164 g/mol. The molecule has 0 fully saturated rings. The van der Waals surface area contributed by atoms with Crippen molar-refractivity contribution in [1.82, 2.24) is 0 Å². The van der Waals surface area contributed by atoms with E-state index in [1.54, 1.807) is 7.11 Å². The van der Waals surface area contributed by atoms with Crippen LogP contribution in [0.3, 0.4) is 0 Å². The van der Waals surface area contributed by atoms with Crippen molar-refractivity contribution in [2.45, 2.75) is 12.5 Å². The van der Waals surface area contributed by atoms with Gasteiger partial charge in [0.2, 0.25) is 0 Å². The highest BCUT2D eigenvalue weighted by atomic mass is 28.2. The Morgan fingerprint density at radius 3 is 2.00 bits per heavy atom. The van der Waals surface area contributed by atoms with Gasteiger partial charge in [0.25, 0.3) is 5.97 Å². The van der Waals surface area contributed by atoms with Crippen LogP contribution in [0.2, 0.25) is 6.55 Å². The zero-order chi connectivity index (χ0) is 8.74. The molecule has 0 unspecified atom stereocenters. The van der Waals surface area contributed by atoms with E-state index in [1.165, 1.54) is 14.2 Å². The van der Waals surface area contributed by atoms with Gasteiger partial charge in [0, 0.05) is 21.3 Å². The Labute approximate surface area is 69.7 Å². The lowest BCUT2D eigenvalue weighted by Crippen LogP contribution is -2.42. The summed E-state index contributed by atoms with van der Waals surface area (Å²) in [6.45, 7) is 2.29. The van der Waals surface area contributed by atoms with Gasteiger partial charge in [-0.25, -0.2) is 0 Å². The van der Waals surface area contributed by atoms with Crippen molar-refractivity contribution >= 4 is 9.76 Å². The summed E-state index contributed by atoms with van der Waals surface area (Å²) in [5.41, 5.74) is 0. The van der Waals surface area contributed by atoms with Crippen molar-refractivity contribution < 1.29 is 18.6 Å². The molecule has 0 saturated heterocycles. The number of rotatable bonds is 6. The maximum atomic E-state index is 5.34. The molecule has 0 atom stereocenters. The van der Waals surface area contributed by atoms with Crippen LogP contribution in [0.1, 0.15) is 0 Å². The Morgan fingerprint density at radius 1 is 1.18 bits per heavy atom. The molecule has 0 aliphatic heterocycles. The molecule has 0 amide bonds. The van der Waals surface area contributed by atoms with Gasteiger partial charge in [0.1, 0.15) is 6.61 Å². The van der Waals surface area contributed by atoms with Crippen molar-refractivity contribution in [3.63, 3.8) is 0 Å². The fourth-order valence-corrected chi connectivity index (χ4v) is 1.52. The lowest BCUT2D eigenvalue weighted by atomic mass is 10.6. The monoisotopic (exact) mass is 180 g/mol. The van der Waals surface area contributed by atoms with Crippen molar-refractivity contribution in [2.75, 3.05) is 27.9 Å². The van der Waals surface area contributed by atoms with Crippen molar-refractivity contribution in [2.24, 2.45) is 0 Å². The average Bonchev–Trinajstić information content (AvgIpc) is 2.04. The van der Waals surface area contributed by atoms with Gasteiger partial charge in [-0.15, -0.1) is 0 Å². The van der Waals surface area contributed by atoms with Crippen molar-refractivity contribution in [3.8, 4) is 0 Å². The van der Waals surface area contributed by atoms with Gasteiger partial charge < -0.3 is 18.6 Å². The zero-order valence-corrected chi connectivity index (χ0v) is 8.96. The summed E-state index contributed by atoms with van der Waals surface area (Å²) in [5.74, 6) is -0.976. The van der Waals surface area contributed by atoms with E-state index < -0.39 is 15.7 Å². The lowest BCUT2D eigenvalue weighted by molar-refractivity contribution is -0.339. The summed E-state index contributed by atoms with van der Waals surface area (Å²) in [5, 5.41) is 0. The third-order valence-corrected chi connectivity index (χ3v) is 2.04. The van der Waals surface area contributed by atoms with Gasteiger partial charge in [0.15, 0.2) is 9.76 Å². The number of ether oxygens (including phenoxy) is 3. The summed E-state index contributed by atoms with van der Waals surface area (Å²) in [6, 6.07) is 0. The van der Waals surface area contributed by atoms with Gasteiger partial charge in [-0.2, -0.15) is 0 Å². The maximum absolute atomic E-state index is 5.34. The van der Waals surface area contributed by atoms with E-state index in [0.717, 1.165) is 0 Å². The van der Waals surface area contributed by atoms with Gasteiger partial charge >= 0.3 is 0 Å². The van der Waals surface area contributed by atoms with Crippen LogP contribution in [0, 0.1) is 0 Å². The summed E-state index contributed by atoms with van der Waals surface area (Å²) >= 11 is 0. The molecule has 0 bridgehead atoms. The predicted octanol–water partition coefficient (Wildman–Crippen LogP) is -0.272. The standard InChI is InChI=1S/C6H16O4Si/c1-7-5-6(8-2,9-3)10-11-4/h5,11H2,1-4H3. The molecule has 4 nitrogen and oxygen atoms in total. The number of hydrogen-bond donors (Lipinski definition) is 0. The first kappa shape index (κ1) is 11.1. The molecule has 68 valence electrons. The zero-order valence-electron chi connectivity index (χ0n) is 7.55. The minimum absolute atomic E-state index is 0.292. The van der Waals surface area contributed by atoms with E-state index in [4.69, 9.17) is 18.6 Å². The number of methoxy groups -OCH3 is 3. The van der Waals surface area contributed by atoms with Gasteiger partial charge in [-0.05, 0) is 0 Å². The normalized spacial score (nSPS) is 13.1. The van der Waals surface area contributed by atoms with Crippen LogP contribution in [0.15, 0.2) is 0 Å². The average molecular weight is 180 g/mol. The summed E-state index contributed by atoms with van der Waals surface area (Å²) in [7, 11) is 4.08. The second-order valence-electron chi connectivity index (χ2n) is 1.96. The predicted molar refractivity (Wildman–Crippen MR) is 44.1 cm³/mol. The number of hydrogen-bond acceptors (Lipinski definition) is 4. The van der Waals surface area contributed by atoms with Crippen LogP contribution >= 0.6 is 0 Å². The summed E-state index contributed by atoms with van der Waals surface area (Å²) in [4.78, 5) is 0. The van der Waals surface area contributed by atoms with Crippen molar-refractivity contribution in [3.05, 3.63) is 0 Å². The van der Waals surface area contributed by atoms with Crippen molar-refractivity contribution in [1.29, 1.82) is 0 Å². The first-order chi connectivity index (χ1) is 5.24. The topological polar surface area (TPSA) is 36.9 Å². The molecule has 0 aromatic rings. The molecule has 11 heavy (non-hydrogen) atoms. The Kier molecular flexibility index (Phi) is 5.70. The molecule has 0 rings (SSSR count). The molecule has 0 radical (unpaired) electrons. The highest BCUT2D eigenvalue weighted by molar-refractivity contribution is 6.24. The van der Waals surface area contributed by atoms with Gasteiger partial charge in [-0.1, -0.05) is 6.55 Å². The Bertz CT molecular complexity index is 86.6. The minimum Gasteiger partial charge on any atom is -0.376 e. The molecule has 0 aromatic heterocycles. The van der Waals surface area contributed by atoms with Gasteiger partial charge in [0.05, 0.1) is 0 Å². The van der Waals surface area contributed by atoms with Crippen LogP contribution in [0.25, 0.3) is 0 Å². The Hall–Kier alpha value is 0.0569. The van der Waals surface area contributed by atoms with E-state index in [9.17, 15) is 0 Å². The maximum Gasteiger partial charge on any atom is 0.297 e. The van der Waals surface area contributed by atoms with E-state index in [2.05, 4.69) is 0 Å². The molecule has 0 heterocycles. The third kappa shape index (κ3) is 3.30. The first-order valence-electron chi connectivity index (χ1n) is 3.48. The van der Waals surface area contributed by atoms with Crippen LogP contribution < -0.4 is 0 Å². The van der Waals surface area contributed by atoms with E-state index >= 15 is 0 Å². The highest BCUT2D eigenvalue weighted by Gasteiger charge is 2.29. The Morgan fingerprint density at radius 2 is 1.73 bits per heavy atom. The fourth-order valence-electron chi connectivity index (χ4n) is 0.757. The van der Waals surface area contributed by atoms with Crippen LogP contribution in [0.5, 0.6) is 0 Å². The second-order valence-corrected chi connectivity index (χ2v) is 2.82. The summed E-state index contributed by atoms with van der Waals surface area (Å²) < 4.78 is 20.3. The molecule has 0 N–H and O–H groups in total. The molecule has 0 saturated carbocycles. The smallest absolute Gasteiger partial charge is 0.297 e. The Balaban J connectivity index is 3.96. The van der Waals surface area contributed by atoms with E-state index in [0.29, 0.717) is 6.61 Å². The fraction of sp³-hybridized carbons (Fsp3) is 1.00. The molecule has 0 aliphatic carbocycles. The second kappa shape index (κ2) is 5.67. The molecular formula is C6H16O4Si. The lowest BCUT2D eigenvalue weighted by Gasteiger charge is -2.29. The SMILES string of the molecule is COCC(OC)(OC)O[SiH2]C. The molecule has 0 aromatic carbocycles. The summed E-state index contributed by atoms with van der Waals surface area (Å²) in [6.07, 6.45) is 0.